The molecule has 0 bridgehead atoms. The number of nitrogens with two attached hydrogens (primary N) is 1. The molecule has 0 aliphatic rings. The van der Waals surface area contributed by atoms with Gasteiger partial charge in [-0.25, -0.2) is 4.98 Å². The molecule has 6 heteroatoms. The summed E-state index contributed by atoms with van der Waals surface area (Å²) in [7, 11) is 0. The minimum atomic E-state index is -0.299. The number of anilines is 2. The highest BCUT2D eigenvalue weighted by atomic mass is 79.9. The number of nitrogen functional groups attached to an aromatic ring is 1. The van der Waals surface area contributed by atoms with E-state index in [4.69, 9.17) is 17.3 Å². The number of aryl methyl sites for hydroxylation is 1. The van der Waals surface area contributed by atoms with E-state index in [1.165, 1.54) is 0 Å². The molecule has 0 aliphatic heterocycles. The number of hydrogen-bond donors (Lipinski definition) is 2. The molecule has 3 N–H and O–H groups in total. The summed E-state index contributed by atoms with van der Waals surface area (Å²) in [5.41, 5.74) is 7.35. The molecule has 0 atom stereocenters. The highest BCUT2D eigenvalue weighted by Gasteiger charge is 2.10. The molecule has 0 radical (unpaired) electrons. The Morgan fingerprint density at radius 1 is 1.37 bits per heavy atom. The maximum Gasteiger partial charge on any atom is 0.256 e. The van der Waals surface area contributed by atoms with Gasteiger partial charge in [0.15, 0.2) is 0 Å². The second kappa shape index (κ2) is 5.59. The lowest BCUT2D eigenvalue weighted by molar-refractivity contribution is 0.102. The fraction of sp³-hybridized carbons (Fsp3) is 0.0769. The molecule has 0 spiro atoms. The highest BCUT2D eigenvalue weighted by molar-refractivity contribution is 9.10. The number of amides is 1. The third-order valence-electron chi connectivity index (χ3n) is 2.46. The molecular weight excluding hydrogens is 330 g/mol. The van der Waals surface area contributed by atoms with Gasteiger partial charge in [-0.05, 0) is 52.7 Å². The molecule has 1 heterocycles. The Bertz CT molecular complexity index is 626. The highest BCUT2D eigenvalue weighted by Crippen LogP contribution is 2.20. The Labute approximate surface area is 124 Å². The zero-order valence-corrected chi connectivity index (χ0v) is 12.4. The van der Waals surface area contributed by atoms with Crippen LogP contribution < -0.4 is 11.1 Å². The summed E-state index contributed by atoms with van der Waals surface area (Å²) in [6, 6.07) is 6.58. The van der Waals surface area contributed by atoms with Gasteiger partial charge >= 0.3 is 0 Å². The van der Waals surface area contributed by atoms with Crippen molar-refractivity contribution in [3.8, 4) is 0 Å². The van der Waals surface area contributed by atoms with Gasteiger partial charge in [0.25, 0.3) is 5.91 Å². The molecule has 19 heavy (non-hydrogen) atoms. The second-order valence-electron chi connectivity index (χ2n) is 4.05. The maximum absolute atomic E-state index is 12.1. The molecule has 1 aromatic heterocycles. The normalized spacial score (nSPS) is 10.3. The number of pyridine rings is 1. The zero-order chi connectivity index (χ0) is 14.0. The van der Waals surface area contributed by atoms with Crippen LogP contribution in [0.4, 0.5) is 11.5 Å². The van der Waals surface area contributed by atoms with Crippen molar-refractivity contribution < 1.29 is 4.79 Å². The van der Waals surface area contributed by atoms with Crippen LogP contribution in [0.25, 0.3) is 0 Å². The maximum atomic E-state index is 12.1. The Kier molecular flexibility index (Phi) is 4.07. The van der Waals surface area contributed by atoms with Crippen LogP contribution >= 0.6 is 27.5 Å². The van der Waals surface area contributed by atoms with Crippen molar-refractivity contribution in [2.75, 3.05) is 11.1 Å². The van der Waals surface area contributed by atoms with Crippen LogP contribution in [0.15, 0.2) is 34.9 Å². The molecule has 0 unspecified atom stereocenters. The fourth-order valence-corrected chi connectivity index (χ4v) is 2.28. The van der Waals surface area contributed by atoms with E-state index in [1.807, 2.05) is 13.0 Å². The third kappa shape index (κ3) is 3.45. The molecule has 0 saturated carbocycles. The Balaban J connectivity index is 2.25. The average Bonchev–Trinajstić information content (AvgIpc) is 2.31. The molecule has 4 nitrogen and oxygen atoms in total. The minimum Gasteiger partial charge on any atom is -0.399 e. The molecule has 1 aromatic carbocycles. The molecule has 98 valence electrons. The largest absolute Gasteiger partial charge is 0.399 e. The molecule has 0 aliphatic carbocycles. The average molecular weight is 341 g/mol. The molecule has 0 saturated heterocycles. The van der Waals surface area contributed by atoms with E-state index in [0.717, 1.165) is 10.0 Å². The minimum absolute atomic E-state index is 0.299. The van der Waals surface area contributed by atoms with E-state index >= 15 is 0 Å². The number of aromatic nitrogens is 1. The van der Waals surface area contributed by atoms with Crippen LogP contribution in [0.1, 0.15) is 15.9 Å². The number of benzene rings is 1. The summed E-state index contributed by atoms with van der Waals surface area (Å²) in [6.07, 6.45) is 1.62. The summed E-state index contributed by atoms with van der Waals surface area (Å²) >= 11 is 9.18. The Morgan fingerprint density at radius 3 is 2.74 bits per heavy atom. The predicted molar refractivity (Wildman–Crippen MR) is 80.5 cm³/mol. The van der Waals surface area contributed by atoms with Gasteiger partial charge in [-0.15, -0.1) is 0 Å². The van der Waals surface area contributed by atoms with Gasteiger partial charge in [-0.3, -0.25) is 4.79 Å². The van der Waals surface area contributed by atoms with Crippen LogP contribution in [-0.4, -0.2) is 10.9 Å². The summed E-state index contributed by atoms with van der Waals surface area (Å²) in [4.78, 5) is 16.2. The van der Waals surface area contributed by atoms with Crippen molar-refractivity contribution in [2.24, 2.45) is 0 Å². The molecule has 0 fully saturated rings. The quantitative estimate of drug-likeness (QED) is 0.820. The van der Waals surface area contributed by atoms with Crippen LogP contribution in [0, 0.1) is 6.92 Å². The number of nitrogens with one attached hydrogen (secondary N) is 1. The van der Waals surface area contributed by atoms with Crippen molar-refractivity contribution in [3.05, 3.63) is 51.1 Å². The lowest BCUT2D eigenvalue weighted by Gasteiger charge is -2.08. The first kappa shape index (κ1) is 13.8. The monoisotopic (exact) mass is 339 g/mol. The summed E-state index contributed by atoms with van der Waals surface area (Å²) in [5, 5.41) is 3.14. The van der Waals surface area contributed by atoms with Gasteiger partial charge in [0.2, 0.25) is 0 Å². The Hall–Kier alpha value is -1.59. The van der Waals surface area contributed by atoms with E-state index in [2.05, 4.69) is 26.2 Å². The fourth-order valence-electron chi connectivity index (χ4n) is 1.59. The van der Waals surface area contributed by atoms with Crippen LogP contribution in [0.3, 0.4) is 0 Å². The van der Waals surface area contributed by atoms with Crippen molar-refractivity contribution in [1.29, 1.82) is 0 Å². The standard InChI is InChI=1S/C13H11BrClN3O/c1-7-2-9(14)6-17-12(7)18-13(19)8-3-10(15)5-11(16)4-8/h2-6H,16H2,1H3,(H,17,18,19). The van der Waals surface area contributed by atoms with Gasteiger partial charge in [-0.1, -0.05) is 11.6 Å². The number of hydrogen-bond acceptors (Lipinski definition) is 3. The van der Waals surface area contributed by atoms with Gasteiger partial charge in [0, 0.05) is 26.9 Å². The summed E-state index contributed by atoms with van der Waals surface area (Å²) < 4.78 is 0.856. The molecule has 1 amide bonds. The van der Waals surface area contributed by atoms with Crippen LogP contribution in [0.5, 0.6) is 0 Å². The molecule has 2 rings (SSSR count). The molecular formula is C13H11BrClN3O. The van der Waals surface area contributed by atoms with Crippen molar-refractivity contribution in [3.63, 3.8) is 0 Å². The summed E-state index contributed by atoms with van der Waals surface area (Å²) in [6.45, 7) is 1.86. The van der Waals surface area contributed by atoms with E-state index in [1.54, 1.807) is 24.4 Å². The van der Waals surface area contributed by atoms with Gasteiger partial charge in [0.1, 0.15) is 5.82 Å². The number of carbonyl (C=O) groups excluding carboxylic acids is 1. The molecule has 2 aromatic rings. The smallest absolute Gasteiger partial charge is 0.256 e. The lowest BCUT2D eigenvalue weighted by Crippen LogP contribution is -2.14. The Morgan fingerprint density at radius 2 is 2.11 bits per heavy atom. The third-order valence-corrected chi connectivity index (χ3v) is 3.11. The van der Waals surface area contributed by atoms with Crippen LogP contribution in [0.2, 0.25) is 5.02 Å². The first-order valence-corrected chi connectivity index (χ1v) is 6.62. The van der Waals surface area contributed by atoms with Gasteiger partial charge < -0.3 is 11.1 Å². The topological polar surface area (TPSA) is 68.0 Å². The SMILES string of the molecule is Cc1cc(Br)cnc1NC(=O)c1cc(N)cc(Cl)c1. The predicted octanol–water partition coefficient (Wildman–Crippen LogP) is 3.64. The first-order valence-electron chi connectivity index (χ1n) is 5.45. The van der Waals surface area contributed by atoms with Crippen LogP contribution in [-0.2, 0) is 0 Å². The van der Waals surface area contributed by atoms with E-state index in [-0.39, 0.29) is 5.91 Å². The van der Waals surface area contributed by atoms with E-state index < -0.39 is 0 Å². The lowest BCUT2D eigenvalue weighted by atomic mass is 10.2. The number of halogens is 2. The van der Waals surface area contributed by atoms with Crippen molar-refractivity contribution >= 4 is 44.9 Å². The van der Waals surface area contributed by atoms with Gasteiger partial charge in [0.05, 0.1) is 0 Å². The number of rotatable bonds is 2. The van der Waals surface area contributed by atoms with Crippen molar-refractivity contribution in [2.45, 2.75) is 6.92 Å². The van der Waals surface area contributed by atoms with E-state index in [9.17, 15) is 4.79 Å². The summed E-state index contributed by atoms with van der Waals surface area (Å²) in [5.74, 6) is 0.207. The van der Waals surface area contributed by atoms with Crippen molar-refractivity contribution in [1.82, 2.24) is 4.98 Å². The second-order valence-corrected chi connectivity index (χ2v) is 5.40. The zero-order valence-electron chi connectivity index (χ0n) is 10.1. The number of carbonyl (C=O) groups is 1. The number of nitrogens with zero attached hydrogens (tertiary/aromatic N) is 1. The first-order chi connectivity index (χ1) is 8.95. The van der Waals surface area contributed by atoms with Gasteiger partial charge in [-0.2, -0.15) is 0 Å². The van der Waals surface area contributed by atoms with E-state index in [0.29, 0.717) is 22.1 Å².